The molecule has 52 heavy (non-hydrogen) atoms. The summed E-state index contributed by atoms with van der Waals surface area (Å²) in [6, 6.07) is 63.0. The molecule has 1 N–H and O–H groups in total. The van der Waals surface area contributed by atoms with Crippen molar-refractivity contribution in [2.45, 2.75) is 0 Å². The molecule has 3 aromatic heterocycles. The Bertz CT molecular complexity index is 3150. The Morgan fingerprint density at radius 1 is 0.462 bits per heavy atom. The average Bonchev–Trinajstić information content (AvgIpc) is 3.90. The number of furan rings is 1. The second kappa shape index (κ2) is 11.5. The summed E-state index contributed by atoms with van der Waals surface area (Å²) in [7, 11) is 0. The summed E-state index contributed by atoms with van der Waals surface area (Å²) in [5, 5.41) is 7.18. The van der Waals surface area contributed by atoms with Crippen LogP contribution >= 0.6 is 11.3 Å². The predicted molar refractivity (Wildman–Crippen MR) is 222 cm³/mol. The van der Waals surface area contributed by atoms with E-state index in [1.165, 1.54) is 42.1 Å². The Kier molecular flexibility index (Phi) is 6.42. The molecule has 0 amide bonds. The number of benzene rings is 8. The summed E-state index contributed by atoms with van der Waals surface area (Å²) >= 11 is 1.85. The van der Waals surface area contributed by atoms with Gasteiger partial charge in [0.25, 0.3) is 0 Å². The number of hydrogen-bond donors (Lipinski definition) is 1. The molecule has 3 nitrogen and oxygen atoms in total. The van der Waals surface area contributed by atoms with Gasteiger partial charge in [0.2, 0.25) is 0 Å². The van der Waals surface area contributed by atoms with Gasteiger partial charge in [-0.3, -0.25) is 0 Å². The topological polar surface area (TPSA) is 32.2 Å². The van der Waals surface area contributed by atoms with Gasteiger partial charge in [0, 0.05) is 53.1 Å². The van der Waals surface area contributed by atoms with Gasteiger partial charge in [-0.1, -0.05) is 115 Å². The minimum atomic E-state index is 0.867. The normalized spacial score (nSPS) is 11.8. The fourth-order valence-corrected chi connectivity index (χ4v) is 9.19. The number of anilines is 3. The van der Waals surface area contributed by atoms with Crippen LogP contribution in [0.2, 0.25) is 0 Å². The Balaban J connectivity index is 1.18. The van der Waals surface area contributed by atoms with E-state index in [2.05, 4.69) is 186 Å². The van der Waals surface area contributed by atoms with Crippen LogP contribution in [0.1, 0.15) is 0 Å². The van der Waals surface area contributed by atoms with E-state index in [1.807, 2.05) is 11.3 Å². The van der Waals surface area contributed by atoms with Gasteiger partial charge in [0.1, 0.15) is 11.2 Å². The molecule has 0 fully saturated rings. The molecule has 0 spiro atoms. The van der Waals surface area contributed by atoms with Crippen LogP contribution in [-0.4, -0.2) is 4.98 Å². The highest BCUT2D eigenvalue weighted by Gasteiger charge is 2.25. The average molecular weight is 683 g/mol. The van der Waals surface area contributed by atoms with E-state index in [1.54, 1.807) is 0 Å². The van der Waals surface area contributed by atoms with Crippen LogP contribution in [0.4, 0.5) is 17.1 Å². The highest BCUT2D eigenvalue weighted by molar-refractivity contribution is 7.25. The van der Waals surface area contributed by atoms with E-state index >= 15 is 0 Å². The third kappa shape index (κ3) is 4.38. The molecular formula is C48H30N2OS. The van der Waals surface area contributed by atoms with E-state index in [4.69, 9.17) is 4.42 Å². The molecule has 0 saturated heterocycles. The lowest BCUT2D eigenvalue weighted by atomic mass is 9.92. The van der Waals surface area contributed by atoms with Gasteiger partial charge in [-0.15, -0.1) is 11.3 Å². The van der Waals surface area contributed by atoms with Gasteiger partial charge in [-0.2, -0.15) is 0 Å². The van der Waals surface area contributed by atoms with Gasteiger partial charge in [0.05, 0.1) is 22.3 Å². The van der Waals surface area contributed by atoms with Gasteiger partial charge in [-0.25, -0.2) is 0 Å². The van der Waals surface area contributed by atoms with Crippen molar-refractivity contribution in [2.24, 2.45) is 0 Å². The lowest BCUT2D eigenvalue weighted by Gasteiger charge is -2.27. The Labute approximate surface area is 303 Å². The Morgan fingerprint density at radius 2 is 1.17 bits per heavy atom. The van der Waals surface area contributed by atoms with Crippen molar-refractivity contribution in [1.29, 1.82) is 0 Å². The van der Waals surface area contributed by atoms with Crippen LogP contribution in [0.3, 0.4) is 0 Å². The van der Waals surface area contributed by atoms with Crippen molar-refractivity contribution in [3.05, 3.63) is 176 Å². The Hall–Kier alpha value is -6.62. The van der Waals surface area contributed by atoms with Crippen molar-refractivity contribution >= 4 is 92.3 Å². The molecule has 4 heteroatoms. The first kappa shape index (κ1) is 29.1. The SMILES string of the molecule is c1ccc(N(c2cccc3c2[nH]c2ccccc23)c2ccc(-c3ccccc3-c3ccc4sc5ccccc5c4c3)c3oc4ccccc4c23)cc1. The second-order valence-corrected chi connectivity index (χ2v) is 14.4. The number of rotatable bonds is 5. The molecule has 8 aromatic carbocycles. The molecule has 0 aliphatic heterocycles. The smallest absolute Gasteiger partial charge is 0.145 e. The maximum atomic E-state index is 6.91. The molecular weight excluding hydrogens is 653 g/mol. The molecule has 244 valence electrons. The first-order valence-corrected chi connectivity index (χ1v) is 18.4. The summed E-state index contributed by atoms with van der Waals surface area (Å²) in [6.45, 7) is 0. The van der Waals surface area contributed by atoms with Crippen molar-refractivity contribution < 1.29 is 4.42 Å². The third-order valence-corrected chi connectivity index (χ3v) is 11.6. The highest BCUT2D eigenvalue weighted by Crippen LogP contribution is 2.49. The van der Waals surface area contributed by atoms with E-state index in [-0.39, 0.29) is 0 Å². The molecule has 0 radical (unpaired) electrons. The van der Waals surface area contributed by atoms with Crippen LogP contribution < -0.4 is 4.90 Å². The van der Waals surface area contributed by atoms with Crippen molar-refractivity contribution in [3.63, 3.8) is 0 Å². The molecule has 3 heterocycles. The van der Waals surface area contributed by atoms with E-state index < -0.39 is 0 Å². The summed E-state index contributed by atoms with van der Waals surface area (Å²) in [6.07, 6.45) is 0. The van der Waals surface area contributed by atoms with Crippen LogP contribution in [0.5, 0.6) is 0 Å². The Morgan fingerprint density at radius 3 is 2.08 bits per heavy atom. The minimum absolute atomic E-state index is 0.867. The van der Waals surface area contributed by atoms with Crippen molar-refractivity contribution in [2.75, 3.05) is 4.90 Å². The standard InChI is InChI=1S/C48H30N2OS/c1-2-13-31(14-3-1)50(42-22-12-20-36-34-17-6-9-21-40(34)49-47(36)42)41-27-26-37(48-46(41)38-19-7-10-23-43(38)51-48)33-16-5-4-15-32(33)30-25-28-45-39(29-30)35-18-8-11-24-44(35)52-45/h1-29,49H. The van der Waals surface area contributed by atoms with E-state index in [9.17, 15) is 0 Å². The fourth-order valence-electron chi connectivity index (χ4n) is 8.10. The number of aromatic amines is 1. The molecule has 11 aromatic rings. The molecule has 0 bridgehead atoms. The van der Waals surface area contributed by atoms with Crippen LogP contribution in [0.15, 0.2) is 180 Å². The summed E-state index contributed by atoms with van der Waals surface area (Å²) < 4.78 is 9.53. The van der Waals surface area contributed by atoms with Gasteiger partial charge < -0.3 is 14.3 Å². The van der Waals surface area contributed by atoms with Gasteiger partial charge in [-0.05, 0) is 77.4 Å². The minimum Gasteiger partial charge on any atom is -0.455 e. The first-order chi connectivity index (χ1) is 25.8. The number of nitrogens with zero attached hydrogens (tertiary/aromatic N) is 1. The monoisotopic (exact) mass is 682 g/mol. The number of aromatic nitrogens is 1. The first-order valence-electron chi connectivity index (χ1n) is 17.6. The molecule has 0 atom stereocenters. The quantitative estimate of drug-likeness (QED) is 0.196. The van der Waals surface area contributed by atoms with Crippen LogP contribution in [0, 0.1) is 0 Å². The maximum Gasteiger partial charge on any atom is 0.145 e. The molecule has 0 aliphatic carbocycles. The lowest BCUT2D eigenvalue weighted by Crippen LogP contribution is -2.11. The number of H-pyrrole nitrogens is 1. The van der Waals surface area contributed by atoms with E-state index in [0.29, 0.717) is 0 Å². The highest BCUT2D eigenvalue weighted by atomic mass is 32.1. The van der Waals surface area contributed by atoms with Gasteiger partial charge >= 0.3 is 0 Å². The van der Waals surface area contributed by atoms with E-state index in [0.717, 1.165) is 61.2 Å². The zero-order valence-corrected chi connectivity index (χ0v) is 28.8. The lowest BCUT2D eigenvalue weighted by molar-refractivity contribution is 0.670. The largest absolute Gasteiger partial charge is 0.455 e. The predicted octanol–water partition coefficient (Wildman–Crippen LogP) is 14.4. The van der Waals surface area contributed by atoms with Crippen molar-refractivity contribution in [3.8, 4) is 22.3 Å². The number of nitrogens with one attached hydrogen (secondary N) is 1. The number of hydrogen-bond acceptors (Lipinski definition) is 3. The second-order valence-electron chi connectivity index (χ2n) is 13.3. The number of para-hydroxylation sites is 4. The zero-order valence-electron chi connectivity index (χ0n) is 28.0. The summed E-state index contributed by atoms with van der Waals surface area (Å²) in [4.78, 5) is 6.15. The molecule has 11 rings (SSSR count). The molecule has 0 aliphatic rings. The summed E-state index contributed by atoms with van der Waals surface area (Å²) in [5.41, 5.74) is 11.7. The van der Waals surface area contributed by atoms with Crippen molar-refractivity contribution in [1.82, 2.24) is 4.98 Å². The van der Waals surface area contributed by atoms with Crippen LogP contribution in [0.25, 0.3) is 86.2 Å². The van der Waals surface area contributed by atoms with Gasteiger partial charge in [0.15, 0.2) is 0 Å². The zero-order chi connectivity index (χ0) is 34.2. The molecule has 0 saturated carbocycles. The molecule has 0 unspecified atom stereocenters. The summed E-state index contributed by atoms with van der Waals surface area (Å²) in [5.74, 6) is 0. The van der Waals surface area contributed by atoms with Crippen LogP contribution in [-0.2, 0) is 0 Å². The maximum absolute atomic E-state index is 6.91. The third-order valence-electron chi connectivity index (χ3n) is 10.4. The number of fused-ring (bicyclic) bond motifs is 9. The fraction of sp³-hybridized carbons (Fsp3) is 0. The number of thiophene rings is 1.